The lowest BCUT2D eigenvalue weighted by atomic mass is 9.46. The molecule has 4 rings (SSSR count). The Balaban J connectivity index is 1.78. The average molecular weight is 377 g/mol. The van der Waals surface area contributed by atoms with E-state index in [2.05, 4.69) is 20.4 Å². The van der Waals surface area contributed by atoms with Gasteiger partial charge in [0.1, 0.15) is 0 Å². The van der Waals surface area contributed by atoms with E-state index in [1.54, 1.807) is 11.8 Å². The van der Waals surface area contributed by atoms with Crippen LogP contribution in [0.5, 0.6) is 0 Å². The molecule has 0 saturated heterocycles. The Morgan fingerprint density at radius 3 is 2.62 bits per heavy atom. The van der Waals surface area contributed by atoms with Crippen molar-refractivity contribution in [1.29, 1.82) is 0 Å². The van der Waals surface area contributed by atoms with Crippen LogP contribution in [0.1, 0.15) is 59.3 Å². The van der Waals surface area contributed by atoms with Crippen LogP contribution in [0.4, 0.5) is 4.39 Å². The highest BCUT2D eigenvalue weighted by molar-refractivity contribution is 8.04. The molecule has 6 atom stereocenters. The minimum atomic E-state index is -1.29. The zero-order valence-corrected chi connectivity index (χ0v) is 16.9. The number of hydrogen-bond acceptors (Lipinski definition) is 3. The van der Waals surface area contributed by atoms with Crippen LogP contribution < -0.4 is 0 Å². The number of halogens is 1. The second-order valence-corrected chi connectivity index (χ2v) is 10.5. The standard InChI is InChI=1S/C22H29FO2S/c1-5-26-19-17(24)7-9-21(3)14-6-8-22(4)15(11-16(23)20(22)25)13(14)10-12(2)18(19)21/h13-16H,2,5-11H2,1,3-4H3/t13-,14+,15+,16+,21-,22+/m1/s1. The van der Waals surface area contributed by atoms with Crippen LogP contribution in [-0.2, 0) is 9.59 Å². The number of thioether (sulfide) groups is 1. The average Bonchev–Trinajstić information content (AvgIpc) is 2.82. The molecule has 0 unspecified atom stereocenters. The molecule has 4 aliphatic carbocycles. The Morgan fingerprint density at radius 1 is 1.19 bits per heavy atom. The number of Topliss-reactive ketones (excluding diaryl/α,β-unsaturated/α-hetero) is 2. The second-order valence-electron chi connectivity index (χ2n) is 9.19. The van der Waals surface area contributed by atoms with Gasteiger partial charge in [-0.1, -0.05) is 27.4 Å². The highest BCUT2D eigenvalue weighted by Crippen LogP contribution is 2.66. The Kier molecular flexibility index (Phi) is 4.30. The first-order chi connectivity index (χ1) is 12.2. The van der Waals surface area contributed by atoms with Crippen LogP contribution in [-0.4, -0.2) is 23.5 Å². The van der Waals surface area contributed by atoms with Crippen LogP contribution in [0.3, 0.4) is 0 Å². The monoisotopic (exact) mass is 376 g/mol. The van der Waals surface area contributed by atoms with E-state index in [0.29, 0.717) is 24.7 Å². The van der Waals surface area contributed by atoms with Crippen molar-refractivity contribution in [2.45, 2.75) is 65.5 Å². The van der Waals surface area contributed by atoms with Gasteiger partial charge in [0.15, 0.2) is 17.7 Å². The predicted molar refractivity (Wildman–Crippen MR) is 104 cm³/mol. The van der Waals surface area contributed by atoms with Crippen molar-refractivity contribution in [3.05, 3.63) is 22.6 Å². The van der Waals surface area contributed by atoms with E-state index in [1.807, 2.05) is 6.92 Å². The quantitative estimate of drug-likeness (QED) is 0.657. The van der Waals surface area contributed by atoms with Gasteiger partial charge in [-0.3, -0.25) is 9.59 Å². The van der Waals surface area contributed by atoms with Crippen LogP contribution in [0.25, 0.3) is 0 Å². The van der Waals surface area contributed by atoms with Gasteiger partial charge in [0.25, 0.3) is 0 Å². The van der Waals surface area contributed by atoms with E-state index in [9.17, 15) is 14.0 Å². The summed E-state index contributed by atoms with van der Waals surface area (Å²) in [6, 6.07) is 0. The number of carbonyl (C=O) groups is 2. The van der Waals surface area contributed by atoms with Gasteiger partial charge in [-0.2, -0.15) is 0 Å². The third kappa shape index (κ3) is 2.30. The van der Waals surface area contributed by atoms with Crippen molar-refractivity contribution >= 4 is 23.3 Å². The maximum Gasteiger partial charge on any atom is 0.173 e. The smallest absolute Gasteiger partial charge is 0.173 e. The molecule has 26 heavy (non-hydrogen) atoms. The van der Waals surface area contributed by atoms with Crippen LogP contribution in [0, 0.1) is 28.6 Å². The van der Waals surface area contributed by atoms with Crippen molar-refractivity contribution in [2.24, 2.45) is 28.6 Å². The first-order valence-corrected chi connectivity index (χ1v) is 11.0. The van der Waals surface area contributed by atoms with Gasteiger partial charge in [-0.15, -0.1) is 11.8 Å². The lowest BCUT2D eigenvalue weighted by Gasteiger charge is -2.57. The molecule has 142 valence electrons. The lowest BCUT2D eigenvalue weighted by Crippen LogP contribution is -2.51. The molecule has 0 heterocycles. The van der Waals surface area contributed by atoms with Gasteiger partial charge in [0.05, 0.1) is 4.91 Å². The zero-order valence-electron chi connectivity index (χ0n) is 16.1. The molecule has 0 aliphatic heterocycles. The topological polar surface area (TPSA) is 34.1 Å². The largest absolute Gasteiger partial charge is 0.296 e. The molecule has 0 aromatic heterocycles. The lowest BCUT2D eigenvalue weighted by molar-refractivity contribution is -0.134. The molecule has 0 radical (unpaired) electrons. The van der Waals surface area contributed by atoms with Crippen molar-refractivity contribution < 1.29 is 14.0 Å². The number of hydrogen-bond donors (Lipinski definition) is 0. The highest BCUT2D eigenvalue weighted by atomic mass is 32.2. The van der Waals surface area contributed by atoms with Crippen LogP contribution >= 0.6 is 11.8 Å². The normalized spacial score (nSPS) is 45.5. The van der Waals surface area contributed by atoms with Gasteiger partial charge in [0.2, 0.25) is 0 Å². The SMILES string of the molecule is C=C1C[C@@H]2[C@H](CC[C@]3(C)C(=O)[C@@H](F)C[C@@H]23)[C@@]2(C)CCC(=O)C(SCC)=C12. The van der Waals surface area contributed by atoms with Gasteiger partial charge in [0, 0.05) is 11.8 Å². The maximum atomic E-state index is 14.3. The molecule has 3 saturated carbocycles. The van der Waals surface area contributed by atoms with E-state index >= 15 is 0 Å². The zero-order chi connectivity index (χ0) is 18.9. The van der Waals surface area contributed by atoms with E-state index in [1.165, 1.54) is 5.57 Å². The number of ketones is 2. The van der Waals surface area contributed by atoms with E-state index in [-0.39, 0.29) is 22.9 Å². The highest BCUT2D eigenvalue weighted by Gasteiger charge is 2.62. The summed E-state index contributed by atoms with van der Waals surface area (Å²) in [7, 11) is 0. The minimum Gasteiger partial charge on any atom is -0.296 e. The Bertz CT molecular complexity index is 726. The molecule has 0 aromatic carbocycles. The Hall–Kier alpha value is -0.900. The molecule has 0 amide bonds. The van der Waals surface area contributed by atoms with Gasteiger partial charge >= 0.3 is 0 Å². The fraction of sp³-hybridized carbons (Fsp3) is 0.727. The molecule has 4 heteroatoms. The third-order valence-corrected chi connectivity index (χ3v) is 9.01. The molecule has 0 N–H and O–H groups in total. The van der Waals surface area contributed by atoms with Crippen molar-refractivity contribution in [1.82, 2.24) is 0 Å². The number of rotatable bonds is 2. The van der Waals surface area contributed by atoms with E-state index in [4.69, 9.17) is 0 Å². The summed E-state index contributed by atoms with van der Waals surface area (Å²) in [6.45, 7) is 10.8. The number of allylic oxidation sites excluding steroid dienone is 2. The third-order valence-electron chi connectivity index (χ3n) is 8.00. The summed E-state index contributed by atoms with van der Waals surface area (Å²) in [4.78, 5) is 26.0. The minimum absolute atomic E-state index is 0.0514. The van der Waals surface area contributed by atoms with Gasteiger partial charge < -0.3 is 0 Å². The number of alkyl halides is 1. The summed E-state index contributed by atoms with van der Waals surface area (Å²) in [5.74, 6) is 1.86. The molecule has 0 spiro atoms. The Morgan fingerprint density at radius 2 is 1.92 bits per heavy atom. The van der Waals surface area contributed by atoms with Crippen molar-refractivity contribution in [2.75, 3.05) is 5.75 Å². The van der Waals surface area contributed by atoms with Crippen LogP contribution in [0.2, 0.25) is 0 Å². The Labute approximate surface area is 160 Å². The molecule has 0 aromatic rings. The fourth-order valence-corrected chi connectivity index (χ4v) is 7.81. The number of carbonyl (C=O) groups excluding carboxylic acids is 2. The summed E-state index contributed by atoms with van der Waals surface area (Å²) in [5.41, 5.74) is 1.72. The van der Waals surface area contributed by atoms with Gasteiger partial charge in [-0.05, 0) is 72.2 Å². The maximum absolute atomic E-state index is 14.3. The predicted octanol–water partition coefficient (Wildman–Crippen LogP) is 5.28. The number of fused-ring (bicyclic) bond motifs is 5. The molecular formula is C22H29FO2S. The molecule has 0 bridgehead atoms. The molecular weight excluding hydrogens is 347 g/mol. The van der Waals surface area contributed by atoms with E-state index in [0.717, 1.165) is 41.9 Å². The summed E-state index contributed by atoms with van der Waals surface area (Å²) in [5, 5.41) is 0. The van der Waals surface area contributed by atoms with Crippen molar-refractivity contribution in [3.63, 3.8) is 0 Å². The summed E-state index contributed by atoms with van der Waals surface area (Å²) < 4.78 is 14.3. The fourth-order valence-electron chi connectivity index (χ4n) is 6.74. The van der Waals surface area contributed by atoms with Gasteiger partial charge in [-0.25, -0.2) is 4.39 Å². The van der Waals surface area contributed by atoms with E-state index < -0.39 is 11.6 Å². The van der Waals surface area contributed by atoms with Crippen LogP contribution in [0.15, 0.2) is 22.6 Å². The first kappa shape index (κ1) is 18.5. The second kappa shape index (κ2) is 6.05. The molecule has 3 fully saturated rings. The molecule has 2 nitrogen and oxygen atoms in total. The summed E-state index contributed by atoms with van der Waals surface area (Å²) >= 11 is 1.66. The molecule has 4 aliphatic rings. The summed E-state index contributed by atoms with van der Waals surface area (Å²) in [6.07, 6.45) is 3.13. The van der Waals surface area contributed by atoms with Crippen molar-refractivity contribution in [3.8, 4) is 0 Å². The first-order valence-electron chi connectivity index (χ1n) is 10.0.